The fourth-order valence-electron chi connectivity index (χ4n) is 4.18. The van der Waals surface area contributed by atoms with Crippen LogP contribution in [0.5, 0.6) is 0 Å². The van der Waals surface area contributed by atoms with Crippen LogP contribution in [0.15, 0.2) is 60.1 Å². The van der Waals surface area contributed by atoms with Gasteiger partial charge in [-0.2, -0.15) is 0 Å². The fourth-order valence-corrected chi connectivity index (χ4v) is 4.54. The third-order valence-electron chi connectivity index (χ3n) is 5.82. The van der Waals surface area contributed by atoms with Crippen LogP contribution in [0.2, 0.25) is 0 Å². The Morgan fingerprint density at radius 1 is 1.29 bits per heavy atom. The van der Waals surface area contributed by atoms with Crippen molar-refractivity contribution in [3.05, 3.63) is 74.8 Å². The average molecular weight is 532 g/mol. The Labute approximate surface area is 195 Å². The molecule has 1 saturated heterocycles. The molecule has 162 valence electrons. The van der Waals surface area contributed by atoms with Crippen LogP contribution in [0.1, 0.15) is 43.2 Å². The quantitative estimate of drug-likeness (QED) is 0.412. The fraction of sp³-hybridized carbons (Fsp3) is 0.375. The van der Waals surface area contributed by atoms with Gasteiger partial charge in [0.25, 0.3) is 0 Å². The summed E-state index contributed by atoms with van der Waals surface area (Å²) in [6.07, 6.45) is 5.54. The second-order valence-electron chi connectivity index (χ2n) is 7.88. The van der Waals surface area contributed by atoms with Gasteiger partial charge in [0.2, 0.25) is 5.91 Å². The normalized spacial score (nSPS) is 21.5. The number of carbonyl (C=O) groups is 2. The predicted molar refractivity (Wildman–Crippen MR) is 124 cm³/mol. The number of hydrogen-bond acceptors (Lipinski definition) is 5. The smallest absolute Gasteiger partial charge is 0.336 e. The van der Waals surface area contributed by atoms with Crippen LogP contribution < -0.4 is 0 Å². The van der Waals surface area contributed by atoms with E-state index in [1.165, 1.54) is 0 Å². The molecule has 3 heterocycles. The van der Waals surface area contributed by atoms with Crippen molar-refractivity contribution in [3.63, 3.8) is 0 Å². The van der Waals surface area contributed by atoms with Crippen LogP contribution in [-0.2, 0) is 25.7 Å². The Hall–Kier alpha value is -2.26. The van der Waals surface area contributed by atoms with E-state index >= 15 is 0 Å². The standard InChI is InChI=1S/C24H25IN2O4/c1-16-23(24(29)31-15-17-4-2-10-26-13-17)21(18-6-8-19(25)9-7-18)12-22(28)27(16)14-20-5-3-11-30-20/h2,4,6-10,13,20-21H,3,5,11-12,14-15H2,1H3/t20?,21-/m0/s1. The van der Waals surface area contributed by atoms with Crippen LogP contribution in [0.4, 0.5) is 0 Å². The van der Waals surface area contributed by atoms with Gasteiger partial charge in [0.1, 0.15) is 6.61 Å². The first kappa shape index (κ1) is 22.0. The number of aromatic nitrogens is 1. The predicted octanol–water partition coefficient (Wildman–Crippen LogP) is 4.20. The van der Waals surface area contributed by atoms with E-state index in [2.05, 4.69) is 27.6 Å². The van der Waals surface area contributed by atoms with Crippen molar-refractivity contribution in [1.82, 2.24) is 9.88 Å². The van der Waals surface area contributed by atoms with E-state index < -0.39 is 5.97 Å². The summed E-state index contributed by atoms with van der Waals surface area (Å²) >= 11 is 2.25. The van der Waals surface area contributed by atoms with Crippen molar-refractivity contribution in [2.24, 2.45) is 0 Å². The first-order valence-electron chi connectivity index (χ1n) is 10.5. The second kappa shape index (κ2) is 9.91. The molecule has 4 rings (SSSR count). The Kier molecular flexibility index (Phi) is 7.02. The molecule has 1 aromatic heterocycles. The molecule has 2 aromatic rings. The van der Waals surface area contributed by atoms with Gasteiger partial charge in [0.15, 0.2) is 0 Å². The monoisotopic (exact) mass is 532 g/mol. The van der Waals surface area contributed by atoms with Gasteiger partial charge >= 0.3 is 5.97 Å². The maximum atomic E-state index is 13.3. The molecule has 1 fully saturated rings. The molecule has 6 nitrogen and oxygen atoms in total. The van der Waals surface area contributed by atoms with Crippen molar-refractivity contribution >= 4 is 34.5 Å². The zero-order chi connectivity index (χ0) is 21.8. The van der Waals surface area contributed by atoms with Gasteiger partial charge in [-0.05, 0) is 66.1 Å². The molecule has 2 aliphatic rings. The molecule has 0 aliphatic carbocycles. The summed E-state index contributed by atoms with van der Waals surface area (Å²) in [4.78, 5) is 32.1. The van der Waals surface area contributed by atoms with Gasteiger partial charge in [0.05, 0.1) is 18.2 Å². The number of rotatable bonds is 6. The minimum absolute atomic E-state index is 0.0142. The Morgan fingerprint density at radius 3 is 2.77 bits per heavy atom. The third-order valence-corrected chi connectivity index (χ3v) is 6.54. The number of hydrogen-bond donors (Lipinski definition) is 0. The average Bonchev–Trinajstić information content (AvgIpc) is 3.29. The number of nitrogens with zero attached hydrogens (tertiary/aromatic N) is 2. The van der Waals surface area contributed by atoms with Gasteiger partial charge < -0.3 is 14.4 Å². The lowest BCUT2D eigenvalue weighted by atomic mass is 9.83. The summed E-state index contributed by atoms with van der Waals surface area (Å²) in [7, 11) is 0. The number of ether oxygens (including phenoxy) is 2. The number of benzene rings is 1. The van der Waals surface area contributed by atoms with Crippen LogP contribution >= 0.6 is 22.6 Å². The molecule has 0 radical (unpaired) electrons. The SMILES string of the molecule is CC1=C(C(=O)OCc2cccnc2)[C@H](c2ccc(I)cc2)CC(=O)N1CC1CCCO1. The highest BCUT2D eigenvalue weighted by Crippen LogP contribution is 2.38. The van der Waals surface area contributed by atoms with E-state index in [-0.39, 0.29) is 31.0 Å². The van der Waals surface area contributed by atoms with Gasteiger partial charge in [-0.25, -0.2) is 4.79 Å². The lowest BCUT2D eigenvalue weighted by molar-refractivity contribution is -0.141. The molecule has 1 unspecified atom stereocenters. The highest BCUT2D eigenvalue weighted by molar-refractivity contribution is 14.1. The van der Waals surface area contributed by atoms with Gasteiger partial charge in [-0.3, -0.25) is 9.78 Å². The molecular weight excluding hydrogens is 507 g/mol. The molecule has 31 heavy (non-hydrogen) atoms. The largest absolute Gasteiger partial charge is 0.457 e. The van der Waals surface area contributed by atoms with Crippen molar-refractivity contribution < 1.29 is 19.1 Å². The van der Waals surface area contributed by atoms with Crippen LogP contribution in [-0.4, -0.2) is 41.0 Å². The third kappa shape index (κ3) is 5.15. The van der Waals surface area contributed by atoms with Crippen LogP contribution in [0.25, 0.3) is 0 Å². The number of carbonyl (C=O) groups excluding carboxylic acids is 2. The second-order valence-corrected chi connectivity index (χ2v) is 9.13. The number of pyridine rings is 1. The molecule has 2 atom stereocenters. The van der Waals surface area contributed by atoms with Gasteiger partial charge in [-0.15, -0.1) is 0 Å². The topological polar surface area (TPSA) is 68.7 Å². The van der Waals surface area contributed by atoms with E-state index in [0.717, 1.165) is 34.1 Å². The molecule has 0 spiro atoms. The van der Waals surface area contributed by atoms with E-state index in [1.807, 2.05) is 43.3 Å². The molecule has 1 aromatic carbocycles. The van der Waals surface area contributed by atoms with E-state index in [0.29, 0.717) is 17.8 Å². The first-order valence-corrected chi connectivity index (χ1v) is 11.5. The molecule has 0 saturated carbocycles. The van der Waals surface area contributed by atoms with E-state index in [4.69, 9.17) is 9.47 Å². The number of halogens is 1. The summed E-state index contributed by atoms with van der Waals surface area (Å²) in [6.45, 7) is 3.18. The Balaban J connectivity index is 1.63. The molecule has 1 amide bonds. The highest BCUT2D eigenvalue weighted by atomic mass is 127. The Morgan fingerprint density at radius 2 is 2.10 bits per heavy atom. The lowest BCUT2D eigenvalue weighted by Crippen LogP contribution is -2.42. The van der Waals surface area contributed by atoms with Crippen LogP contribution in [0.3, 0.4) is 0 Å². The number of allylic oxidation sites excluding steroid dienone is 1. The molecule has 0 N–H and O–H groups in total. The van der Waals surface area contributed by atoms with Crippen molar-refractivity contribution in [2.75, 3.05) is 13.2 Å². The molecule has 0 bridgehead atoms. The zero-order valence-electron chi connectivity index (χ0n) is 17.4. The maximum absolute atomic E-state index is 13.3. The zero-order valence-corrected chi connectivity index (χ0v) is 19.6. The summed E-state index contributed by atoms with van der Waals surface area (Å²) in [5, 5.41) is 0. The van der Waals surface area contributed by atoms with Crippen LogP contribution in [0, 0.1) is 3.57 Å². The molecule has 7 heteroatoms. The summed E-state index contributed by atoms with van der Waals surface area (Å²) in [6, 6.07) is 11.6. The number of esters is 1. The lowest BCUT2D eigenvalue weighted by Gasteiger charge is -2.35. The van der Waals surface area contributed by atoms with Gasteiger partial charge in [0, 0.05) is 46.2 Å². The Bertz CT molecular complexity index is 969. The van der Waals surface area contributed by atoms with E-state index in [9.17, 15) is 9.59 Å². The minimum atomic E-state index is -0.394. The summed E-state index contributed by atoms with van der Waals surface area (Å²) < 4.78 is 12.5. The maximum Gasteiger partial charge on any atom is 0.336 e. The first-order chi connectivity index (χ1) is 15.0. The summed E-state index contributed by atoms with van der Waals surface area (Å²) in [5.41, 5.74) is 2.97. The highest BCUT2D eigenvalue weighted by Gasteiger charge is 2.38. The number of amides is 1. The summed E-state index contributed by atoms with van der Waals surface area (Å²) in [5.74, 6) is -0.707. The minimum Gasteiger partial charge on any atom is -0.457 e. The molecular formula is C24H25IN2O4. The van der Waals surface area contributed by atoms with Crippen molar-refractivity contribution in [3.8, 4) is 0 Å². The molecule has 2 aliphatic heterocycles. The van der Waals surface area contributed by atoms with Crippen molar-refractivity contribution in [2.45, 2.75) is 44.8 Å². The van der Waals surface area contributed by atoms with Gasteiger partial charge in [-0.1, -0.05) is 18.2 Å². The van der Waals surface area contributed by atoms with E-state index in [1.54, 1.807) is 17.3 Å². The van der Waals surface area contributed by atoms with Crippen molar-refractivity contribution in [1.29, 1.82) is 0 Å².